The van der Waals surface area contributed by atoms with E-state index in [1.54, 1.807) is 7.05 Å². The van der Waals surface area contributed by atoms with Crippen molar-refractivity contribution in [1.29, 1.82) is 0 Å². The topological polar surface area (TPSA) is 78.7 Å². The van der Waals surface area contributed by atoms with Gasteiger partial charge in [0.15, 0.2) is 0 Å². The number of fused-ring (bicyclic) bond motifs is 1. The van der Waals surface area contributed by atoms with Gasteiger partial charge in [0.25, 0.3) is 10.2 Å². The SMILES string of the molecule is CCn1nc(CO)c2c1CCN(S(=O)(=O)N(C)Cc1ccccc1)C2. The number of hydrogen-bond acceptors (Lipinski definition) is 4. The minimum Gasteiger partial charge on any atom is -0.390 e. The van der Waals surface area contributed by atoms with E-state index in [0.29, 0.717) is 31.7 Å². The van der Waals surface area contributed by atoms with Gasteiger partial charge < -0.3 is 5.11 Å². The van der Waals surface area contributed by atoms with Crippen molar-refractivity contribution in [1.82, 2.24) is 18.4 Å². The maximum Gasteiger partial charge on any atom is 0.282 e. The van der Waals surface area contributed by atoms with Crippen LogP contribution < -0.4 is 0 Å². The summed E-state index contributed by atoms with van der Waals surface area (Å²) in [6.45, 7) is 3.53. The summed E-state index contributed by atoms with van der Waals surface area (Å²) in [6.07, 6.45) is 0.606. The molecule has 1 aromatic carbocycles. The zero-order valence-electron chi connectivity index (χ0n) is 14.6. The third-order valence-electron chi connectivity index (χ3n) is 4.60. The van der Waals surface area contributed by atoms with Crippen molar-refractivity contribution in [2.45, 2.75) is 39.6 Å². The van der Waals surface area contributed by atoms with Crippen LogP contribution in [0.25, 0.3) is 0 Å². The summed E-state index contributed by atoms with van der Waals surface area (Å²) in [5, 5.41) is 13.9. The first kappa shape index (κ1) is 18.1. The molecule has 0 fully saturated rings. The molecule has 0 atom stereocenters. The molecule has 8 heteroatoms. The molecule has 1 aliphatic rings. The predicted octanol–water partition coefficient (Wildman–Crippen LogP) is 1.13. The fraction of sp³-hybridized carbons (Fsp3) is 0.471. The van der Waals surface area contributed by atoms with Crippen molar-refractivity contribution >= 4 is 10.2 Å². The molecule has 0 spiro atoms. The fourth-order valence-electron chi connectivity index (χ4n) is 3.24. The van der Waals surface area contributed by atoms with Gasteiger partial charge in [-0.05, 0) is 12.5 Å². The van der Waals surface area contributed by atoms with Crippen molar-refractivity contribution < 1.29 is 13.5 Å². The Morgan fingerprint density at radius 1 is 1.28 bits per heavy atom. The molecular formula is C17H24N4O3S. The van der Waals surface area contributed by atoms with Crippen LogP contribution in [0.15, 0.2) is 30.3 Å². The number of rotatable bonds is 6. The molecule has 1 N–H and O–H groups in total. The Morgan fingerprint density at radius 3 is 2.64 bits per heavy atom. The zero-order chi connectivity index (χ0) is 18.0. The van der Waals surface area contributed by atoms with E-state index in [4.69, 9.17) is 0 Å². The van der Waals surface area contributed by atoms with Gasteiger partial charge in [-0.15, -0.1) is 0 Å². The third kappa shape index (κ3) is 3.48. The number of aromatic nitrogens is 2. The Bertz CT molecular complexity index is 833. The maximum atomic E-state index is 12.9. The summed E-state index contributed by atoms with van der Waals surface area (Å²) in [5.74, 6) is 0. The quantitative estimate of drug-likeness (QED) is 0.833. The van der Waals surface area contributed by atoms with Gasteiger partial charge >= 0.3 is 0 Å². The third-order valence-corrected chi connectivity index (χ3v) is 6.48. The number of nitrogens with zero attached hydrogens (tertiary/aromatic N) is 4. The first-order valence-corrected chi connectivity index (χ1v) is 9.80. The van der Waals surface area contributed by atoms with Crippen LogP contribution in [0.5, 0.6) is 0 Å². The number of benzene rings is 1. The van der Waals surface area contributed by atoms with Crippen LogP contribution in [0.1, 0.15) is 29.4 Å². The lowest BCUT2D eigenvalue weighted by Crippen LogP contribution is -2.44. The Kier molecular flexibility index (Phi) is 5.24. The summed E-state index contributed by atoms with van der Waals surface area (Å²) in [5.41, 5.74) is 3.39. The monoisotopic (exact) mass is 364 g/mol. The van der Waals surface area contributed by atoms with E-state index >= 15 is 0 Å². The number of hydrogen-bond donors (Lipinski definition) is 1. The van der Waals surface area contributed by atoms with Crippen LogP contribution in [0.2, 0.25) is 0 Å². The standard InChI is InChI=1S/C17H24N4O3S/c1-3-21-17-9-10-20(12-15(17)16(13-22)18-21)25(23,24)19(2)11-14-7-5-4-6-8-14/h4-8,22H,3,9-13H2,1-2H3. The summed E-state index contributed by atoms with van der Waals surface area (Å²) in [4.78, 5) is 0. The Morgan fingerprint density at radius 2 is 2.00 bits per heavy atom. The highest BCUT2D eigenvalue weighted by molar-refractivity contribution is 7.86. The molecule has 2 heterocycles. The van der Waals surface area contributed by atoms with Crippen LogP contribution in [-0.2, 0) is 42.9 Å². The number of aliphatic hydroxyl groups excluding tert-OH is 1. The fourth-order valence-corrected chi connectivity index (χ4v) is 4.56. The molecule has 0 unspecified atom stereocenters. The van der Waals surface area contributed by atoms with Crippen molar-refractivity contribution in [3.63, 3.8) is 0 Å². The Hall–Kier alpha value is -1.74. The summed E-state index contributed by atoms with van der Waals surface area (Å²) in [6, 6.07) is 9.53. The number of aliphatic hydroxyl groups is 1. The highest BCUT2D eigenvalue weighted by atomic mass is 32.2. The second-order valence-electron chi connectivity index (χ2n) is 6.18. The summed E-state index contributed by atoms with van der Waals surface area (Å²) in [7, 11) is -1.98. The molecular weight excluding hydrogens is 340 g/mol. The number of aryl methyl sites for hydroxylation is 1. The average molecular weight is 364 g/mol. The molecule has 0 amide bonds. The van der Waals surface area contributed by atoms with E-state index in [1.165, 1.54) is 8.61 Å². The maximum absolute atomic E-state index is 12.9. The Labute approximate surface area is 148 Å². The molecule has 7 nitrogen and oxygen atoms in total. The minimum absolute atomic E-state index is 0.178. The smallest absolute Gasteiger partial charge is 0.282 e. The van der Waals surface area contributed by atoms with Crippen molar-refractivity contribution in [3.05, 3.63) is 52.8 Å². The van der Waals surface area contributed by atoms with Gasteiger partial charge in [-0.3, -0.25) is 4.68 Å². The van der Waals surface area contributed by atoms with Crippen LogP contribution in [-0.4, -0.2) is 45.5 Å². The van der Waals surface area contributed by atoms with Crippen molar-refractivity contribution in [2.75, 3.05) is 13.6 Å². The highest BCUT2D eigenvalue weighted by Crippen LogP contribution is 2.26. The van der Waals surface area contributed by atoms with Gasteiger partial charge in [-0.1, -0.05) is 30.3 Å². The highest BCUT2D eigenvalue weighted by Gasteiger charge is 2.33. The Balaban J connectivity index is 1.81. The molecule has 136 valence electrons. The molecule has 3 rings (SSSR count). The molecule has 25 heavy (non-hydrogen) atoms. The lowest BCUT2D eigenvalue weighted by molar-refractivity contribution is 0.271. The van der Waals surface area contributed by atoms with Crippen LogP contribution >= 0.6 is 0 Å². The van der Waals surface area contributed by atoms with Crippen LogP contribution in [0.3, 0.4) is 0 Å². The molecule has 1 aromatic heterocycles. The molecule has 0 saturated heterocycles. The molecule has 0 saturated carbocycles. The molecule has 0 radical (unpaired) electrons. The summed E-state index contributed by atoms with van der Waals surface area (Å²) >= 11 is 0. The molecule has 0 bridgehead atoms. The normalized spacial score (nSPS) is 15.5. The molecule has 2 aromatic rings. The van der Waals surface area contributed by atoms with Gasteiger partial charge in [-0.2, -0.15) is 22.1 Å². The summed E-state index contributed by atoms with van der Waals surface area (Å²) < 4.78 is 30.6. The van der Waals surface area contributed by atoms with E-state index < -0.39 is 10.2 Å². The first-order valence-electron chi connectivity index (χ1n) is 8.41. The first-order chi connectivity index (χ1) is 12.0. The zero-order valence-corrected chi connectivity index (χ0v) is 15.4. The van der Waals surface area contributed by atoms with E-state index in [2.05, 4.69) is 5.10 Å². The van der Waals surface area contributed by atoms with Crippen LogP contribution in [0, 0.1) is 0 Å². The van der Waals surface area contributed by atoms with Crippen LogP contribution in [0.4, 0.5) is 0 Å². The van der Waals surface area contributed by atoms with Gasteiger partial charge in [-0.25, -0.2) is 0 Å². The van der Waals surface area contributed by atoms with Crippen molar-refractivity contribution in [3.8, 4) is 0 Å². The van der Waals surface area contributed by atoms with E-state index in [0.717, 1.165) is 16.8 Å². The van der Waals surface area contributed by atoms with E-state index in [9.17, 15) is 13.5 Å². The van der Waals surface area contributed by atoms with Crippen molar-refractivity contribution in [2.24, 2.45) is 0 Å². The molecule has 0 aliphatic carbocycles. The lowest BCUT2D eigenvalue weighted by Gasteiger charge is -2.30. The van der Waals surface area contributed by atoms with Gasteiger partial charge in [0.05, 0.1) is 12.3 Å². The molecule has 1 aliphatic heterocycles. The van der Waals surface area contributed by atoms with E-state index in [1.807, 2.05) is 41.9 Å². The van der Waals surface area contributed by atoms with Gasteiger partial charge in [0, 0.05) is 50.9 Å². The lowest BCUT2D eigenvalue weighted by atomic mass is 10.1. The second-order valence-corrected chi connectivity index (χ2v) is 8.21. The van der Waals surface area contributed by atoms with Gasteiger partial charge in [0.1, 0.15) is 0 Å². The predicted molar refractivity (Wildman–Crippen MR) is 94.8 cm³/mol. The average Bonchev–Trinajstić information content (AvgIpc) is 2.99. The van der Waals surface area contributed by atoms with E-state index in [-0.39, 0.29) is 13.2 Å². The minimum atomic E-state index is -3.58. The van der Waals surface area contributed by atoms with Gasteiger partial charge in [0.2, 0.25) is 0 Å². The second kappa shape index (κ2) is 7.25. The largest absolute Gasteiger partial charge is 0.390 e.